The Morgan fingerprint density at radius 1 is 1.44 bits per heavy atom. The van der Waals surface area contributed by atoms with Crippen molar-refractivity contribution in [2.75, 3.05) is 6.79 Å². The first-order valence-corrected chi connectivity index (χ1v) is 6.19. The van der Waals surface area contributed by atoms with E-state index >= 15 is 0 Å². The van der Waals surface area contributed by atoms with Gasteiger partial charge in [-0.1, -0.05) is 0 Å². The Hall–Kier alpha value is -1.53. The Bertz CT molecular complexity index is 597. The first-order chi connectivity index (χ1) is 8.65. The van der Waals surface area contributed by atoms with Gasteiger partial charge in [-0.25, -0.2) is 4.98 Å². The first-order valence-electron chi connectivity index (χ1n) is 5.40. The summed E-state index contributed by atoms with van der Waals surface area (Å²) >= 11 is 3.40. The molecule has 0 spiro atoms. The summed E-state index contributed by atoms with van der Waals surface area (Å²) < 4.78 is 13.2. The number of fused-ring (bicyclic) bond motifs is 1. The van der Waals surface area contributed by atoms with Crippen LogP contribution in [-0.2, 0) is 7.05 Å². The van der Waals surface area contributed by atoms with Crippen LogP contribution < -0.4 is 9.47 Å². The molecule has 1 N–H and O–H groups in total. The molecule has 1 unspecified atom stereocenters. The van der Waals surface area contributed by atoms with Crippen LogP contribution in [0, 0.1) is 0 Å². The number of hydrogen-bond donors (Lipinski definition) is 1. The number of aliphatic hydroxyl groups is 1. The number of aromatic nitrogens is 2. The summed E-state index contributed by atoms with van der Waals surface area (Å²) in [5, 5.41) is 10.3. The number of hydrogen-bond acceptors (Lipinski definition) is 4. The quantitative estimate of drug-likeness (QED) is 0.921. The number of imidazole rings is 1. The number of ether oxygens (including phenoxy) is 2. The highest BCUT2D eigenvalue weighted by Crippen LogP contribution is 2.41. The van der Waals surface area contributed by atoms with Crippen LogP contribution in [0.3, 0.4) is 0 Å². The lowest BCUT2D eigenvalue weighted by Gasteiger charge is -2.10. The predicted molar refractivity (Wildman–Crippen MR) is 67.5 cm³/mol. The summed E-state index contributed by atoms with van der Waals surface area (Å²) in [6.45, 7) is 0.205. The smallest absolute Gasteiger partial charge is 0.231 e. The van der Waals surface area contributed by atoms with E-state index in [9.17, 15) is 5.11 Å². The van der Waals surface area contributed by atoms with Crippen LogP contribution in [-0.4, -0.2) is 21.5 Å². The summed E-state index contributed by atoms with van der Waals surface area (Å²) in [6.07, 6.45) is 2.65. The molecule has 94 valence electrons. The SMILES string of the molecule is Cn1cnc(C(O)c2cc(Br)c3c(c2)OCO3)c1. The number of benzene rings is 1. The fourth-order valence-corrected chi connectivity index (χ4v) is 2.46. The molecule has 1 aliphatic rings. The molecule has 0 aliphatic carbocycles. The fraction of sp³-hybridized carbons (Fsp3) is 0.250. The van der Waals surface area contributed by atoms with E-state index in [4.69, 9.17) is 9.47 Å². The Morgan fingerprint density at radius 2 is 2.28 bits per heavy atom. The second-order valence-corrected chi connectivity index (χ2v) is 4.96. The van der Waals surface area contributed by atoms with E-state index in [0.29, 0.717) is 22.8 Å². The maximum Gasteiger partial charge on any atom is 0.231 e. The maximum absolute atomic E-state index is 10.3. The molecule has 1 atom stereocenters. The molecule has 5 nitrogen and oxygen atoms in total. The lowest BCUT2D eigenvalue weighted by Crippen LogP contribution is -2.00. The van der Waals surface area contributed by atoms with Crippen molar-refractivity contribution >= 4 is 15.9 Å². The number of aliphatic hydroxyl groups excluding tert-OH is 1. The minimum atomic E-state index is -0.781. The van der Waals surface area contributed by atoms with Crippen LogP contribution in [0.2, 0.25) is 0 Å². The molecule has 0 amide bonds. The highest BCUT2D eigenvalue weighted by Gasteiger charge is 2.22. The number of rotatable bonds is 2. The standard InChI is InChI=1S/C12H11BrN2O3/c1-15-4-9(14-5-15)11(16)7-2-8(13)12-10(3-7)17-6-18-12/h2-5,11,16H,6H2,1H3. The van der Waals surface area contributed by atoms with Crippen LogP contribution in [0.1, 0.15) is 17.4 Å². The second kappa shape index (κ2) is 4.29. The van der Waals surface area contributed by atoms with Gasteiger partial charge < -0.3 is 19.1 Å². The van der Waals surface area contributed by atoms with Crippen molar-refractivity contribution in [2.24, 2.45) is 7.05 Å². The van der Waals surface area contributed by atoms with Gasteiger partial charge in [-0.15, -0.1) is 0 Å². The van der Waals surface area contributed by atoms with Gasteiger partial charge in [0.2, 0.25) is 6.79 Å². The lowest BCUT2D eigenvalue weighted by atomic mass is 10.1. The molecule has 0 saturated heterocycles. The van der Waals surface area contributed by atoms with Crippen molar-refractivity contribution in [3.8, 4) is 11.5 Å². The van der Waals surface area contributed by atoms with Gasteiger partial charge in [0.25, 0.3) is 0 Å². The highest BCUT2D eigenvalue weighted by atomic mass is 79.9. The molecular weight excluding hydrogens is 300 g/mol. The van der Waals surface area contributed by atoms with E-state index in [1.807, 2.05) is 13.1 Å². The lowest BCUT2D eigenvalue weighted by molar-refractivity contribution is 0.173. The third kappa shape index (κ3) is 1.87. The van der Waals surface area contributed by atoms with Gasteiger partial charge in [-0.05, 0) is 33.6 Å². The van der Waals surface area contributed by atoms with E-state index in [1.165, 1.54) is 0 Å². The minimum absolute atomic E-state index is 0.205. The maximum atomic E-state index is 10.3. The van der Waals surface area contributed by atoms with Crippen LogP contribution >= 0.6 is 15.9 Å². The van der Waals surface area contributed by atoms with Gasteiger partial charge in [0, 0.05) is 13.2 Å². The van der Waals surface area contributed by atoms with E-state index in [1.54, 1.807) is 23.2 Å². The van der Waals surface area contributed by atoms with Crippen molar-refractivity contribution in [1.29, 1.82) is 0 Å². The van der Waals surface area contributed by atoms with Gasteiger partial charge >= 0.3 is 0 Å². The third-order valence-electron chi connectivity index (χ3n) is 2.77. The molecular formula is C12H11BrN2O3. The zero-order valence-corrected chi connectivity index (χ0v) is 11.2. The number of halogens is 1. The number of nitrogens with zero attached hydrogens (tertiary/aromatic N) is 2. The van der Waals surface area contributed by atoms with E-state index in [0.717, 1.165) is 4.47 Å². The van der Waals surface area contributed by atoms with E-state index in [2.05, 4.69) is 20.9 Å². The van der Waals surface area contributed by atoms with Crippen molar-refractivity contribution in [1.82, 2.24) is 9.55 Å². The normalized spacial score (nSPS) is 14.8. The monoisotopic (exact) mass is 310 g/mol. The van der Waals surface area contributed by atoms with Crippen molar-refractivity contribution in [3.05, 3.63) is 40.4 Å². The summed E-state index contributed by atoms with van der Waals surface area (Å²) in [6, 6.07) is 3.58. The fourth-order valence-electron chi connectivity index (χ4n) is 1.89. The highest BCUT2D eigenvalue weighted by molar-refractivity contribution is 9.10. The average molecular weight is 311 g/mol. The summed E-state index contributed by atoms with van der Waals surface area (Å²) in [5.74, 6) is 1.31. The molecule has 2 aromatic rings. The molecule has 0 saturated carbocycles. The first kappa shape index (κ1) is 11.6. The molecule has 1 aromatic carbocycles. The van der Waals surface area contributed by atoms with Crippen molar-refractivity contribution < 1.29 is 14.6 Å². The molecule has 0 fully saturated rings. The second-order valence-electron chi connectivity index (χ2n) is 4.10. The summed E-state index contributed by atoms with van der Waals surface area (Å²) in [4.78, 5) is 4.14. The summed E-state index contributed by atoms with van der Waals surface area (Å²) in [5.41, 5.74) is 1.31. The zero-order chi connectivity index (χ0) is 12.7. The molecule has 1 aliphatic heterocycles. The van der Waals surface area contributed by atoms with Crippen molar-refractivity contribution in [3.63, 3.8) is 0 Å². The molecule has 18 heavy (non-hydrogen) atoms. The van der Waals surface area contributed by atoms with Crippen LogP contribution in [0.5, 0.6) is 11.5 Å². The predicted octanol–water partition coefficient (Wildman–Crippen LogP) is 1.99. The topological polar surface area (TPSA) is 56.5 Å². The van der Waals surface area contributed by atoms with E-state index < -0.39 is 6.10 Å². The molecule has 6 heteroatoms. The van der Waals surface area contributed by atoms with Gasteiger partial charge in [0.1, 0.15) is 6.10 Å². The van der Waals surface area contributed by atoms with Crippen LogP contribution in [0.4, 0.5) is 0 Å². The molecule has 2 heterocycles. The molecule has 1 aromatic heterocycles. The Balaban J connectivity index is 2.00. The Kier molecular flexibility index (Phi) is 2.76. The van der Waals surface area contributed by atoms with Gasteiger partial charge in [0.05, 0.1) is 16.5 Å². The third-order valence-corrected chi connectivity index (χ3v) is 3.36. The molecule has 3 rings (SSSR count). The zero-order valence-electron chi connectivity index (χ0n) is 9.63. The van der Waals surface area contributed by atoms with Gasteiger partial charge in [-0.2, -0.15) is 0 Å². The van der Waals surface area contributed by atoms with Crippen molar-refractivity contribution in [2.45, 2.75) is 6.10 Å². The van der Waals surface area contributed by atoms with Crippen LogP contribution in [0.15, 0.2) is 29.1 Å². The Morgan fingerprint density at radius 3 is 3.00 bits per heavy atom. The molecule has 0 bridgehead atoms. The van der Waals surface area contributed by atoms with Gasteiger partial charge in [-0.3, -0.25) is 0 Å². The van der Waals surface area contributed by atoms with Crippen LogP contribution in [0.25, 0.3) is 0 Å². The van der Waals surface area contributed by atoms with Gasteiger partial charge in [0.15, 0.2) is 11.5 Å². The Labute approximate surface area is 112 Å². The summed E-state index contributed by atoms with van der Waals surface area (Å²) in [7, 11) is 1.86. The largest absolute Gasteiger partial charge is 0.454 e. The average Bonchev–Trinajstić information content (AvgIpc) is 2.96. The molecule has 0 radical (unpaired) electrons. The minimum Gasteiger partial charge on any atom is -0.454 e. The van der Waals surface area contributed by atoms with E-state index in [-0.39, 0.29) is 6.79 Å². The number of aryl methyl sites for hydroxylation is 1.